The number of hydrogen-bond donors (Lipinski definition) is 2. The van der Waals surface area contributed by atoms with E-state index in [2.05, 4.69) is 15.7 Å². The zero-order valence-electron chi connectivity index (χ0n) is 17.6. The Kier molecular flexibility index (Phi) is 7.37. The minimum atomic E-state index is -0.586. The zero-order chi connectivity index (χ0) is 22.2. The Hall–Kier alpha value is -3.68. The van der Waals surface area contributed by atoms with Crippen LogP contribution < -0.4 is 10.6 Å². The molecule has 0 spiro atoms. The maximum atomic E-state index is 12.3. The number of hydrogen-bond acceptors (Lipinski definition) is 5. The van der Waals surface area contributed by atoms with Gasteiger partial charge in [-0.05, 0) is 37.1 Å². The van der Waals surface area contributed by atoms with Crippen LogP contribution in [0.1, 0.15) is 41.8 Å². The van der Waals surface area contributed by atoms with Crippen LogP contribution >= 0.6 is 0 Å². The molecule has 0 aliphatic carbocycles. The first kappa shape index (κ1) is 22.0. The van der Waals surface area contributed by atoms with Crippen molar-refractivity contribution in [2.45, 2.75) is 32.9 Å². The first-order chi connectivity index (χ1) is 14.9. The number of ether oxygens (including phenoxy) is 1. The fraction of sp³-hybridized carbons (Fsp3) is 0.304. The highest BCUT2D eigenvalue weighted by Crippen LogP contribution is 2.14. The van der Waals surface area contributed by atoms with E-state index in [1.54, 1.807) is 24.3 Å². The normalized spacial score (nSPS) is 13.0. The summed E-state index contributed by atoms with van der Waals surface area (Å²) < 4.78 is 5.15. The van der Waals surface area contributed by atoms with Crippen molar-refractivity contribution in [1.82, 2.24) is 15.6 Å². The molecule has 0 bridgehead atoms. The lowest BCUT2D eigenvalue weighted by atomic mass is 10.1. The topological polar surface area (TPSA) is 100 Å². The number of amides is 3. The van der Waals surface area contributed by atoms with Crippen LogP contribution in [-0.2, 0) is 16.1 Å². The third-order valence-corrected chi connectivity index (χ3v) is 4.59. The third kappa shape index (κ3) is 6.40. The van der Waals surface area contributed by atoms with Crippen LogP contribution in [0.5, 0.6) is 0 Å². The molecule has 2 N–H and O–H groups in total. The maximum absolute atomic E-state index is 12.3. The van der Waals surface area contributed by atoms with E-state index in [9.17, 15) is 14.4 Å². The molecule has 3 rings (SSSR count). The zero-order valence-corrected chi connectivity index (χ0v) is 17.6. The molecule has 2 aromatic carbocycles. The first-order valence-electron chi connectivity index (χ1n) is 10.2. The van der Waals surface area contributed by atoms with Gasteiger partial charge >= 0.3 is 12.0 Å². The minimum absolute atomic E-state index is 0.0519. The van der Waals surface area contributed by atoms with E-state index < -0.39 is 5.97 Å². The molecule has 3 amide bonds. The van der Waals surface area contributed by atoms with Crippen LogP contribution in [0.2, 0.25) is 0 Å². The van der Waals surface area contributed by atoms with E-state index in [0.717, 1.165) is 16.8 Å². The molecular weight excluding hydrogens is 396 g/mol. The van der Waals surface area contributed by atoms with Crippen molar-refractivity contribution in [3.8, 4) is 0 Å². The second-order valence-corrected chi connectivity index (χ2v) is 7.43. The number of urea groups is 1. The molecule has 0 radical (unpaired) electrons. The SMILES string of the molecule is CC(C)NC(=O)NCc1ccc(C(=O)OCC(=O)N2CCC(c3ccccc3)=N2)cc1. The van der Waals surface area contributed by atoms with Crippen molar-refractivity contribution in [2.24, 2.45) is 5.10 Å². The summed E-state index contributed by atoms with van der Waals surface area (Å²) in [5.74, 6) is -0.951. The molecule has 0 unspecified atom stereocenters. The predicted molar refractivity (Wildman–Crippen MR) is 117 cm³/mol. The van der Waals surface area contributed by atoms with Crippen LogP contribution in [0.25, 0.3) is 0 Å². The summed E-state index contributed by atoms with van der Waals surface area (Å²) in [7, 11) is 0. The van der Waals surface area contributed by atoms with Gasteiger partial charge in [0, 0.05) is 19.0 Å². The highest BCUT2D eigenvalue weighted by molar-refractivity contribution is 6.02. The van der Waals surface area contributed by atoms with Crippen molar-refractivity contribution in [1.29, 1.82) is 0 Å². The van der Waals surface area contributed by atoms with Gasteiger partial charge in [0.05, 0.1) is 17.8 Å². The van der Waals surface area contributed by atoms with Gasteiger partial charge in [0.1, 0.15) is 0 Å². The van der Waals surface area contributed by atoms with E-state index >= 15 is 0 Å². The van der Waals surface area contributed by atoms with Gasteiger partial charge in [-0.2, -0.15) is 5.10 Å². The Balaban J connectivity index is 1.46. The second kappa shape index (κ2) is 10.4. The summed E-state index contributed by atoms with van der Waals surface area (Å²) in [6.07, 6.45) is 0.661. The third-order valence-electron chi connectivity index (χ3n) is 4.59. The van der Waals surface area contributed by atoms with E-state index in [-0.39, 0.29) is 24.6 Å². The number of nitrogens with zero attached hydrogens (tertiary/aromatic N) is 2. The molecule has 1 aliphatic heterocycles. The van der Waals surface area contributed by atoms with Crippen molar-refractivity contribution < 1.29 is 19.1 Å². The van der Waals surface area contributed by atoms with Crippen LogP contribution in [0.4, 0.5) is 4.79 Å². The maximum Gasteiger partial charge on any atom is 0.338 e. The van der Waals surface area contributed by atoms with Crippen molar-refractivity contribution in [2.75, 3.05) is 13.2 Å². The summed E-state index contributed by atoms with van der Waals surface area (Å²) in [5, 5.41) is 11.2. The van der Waals surface area contributed by atoms with E-state index in [0.29, 0.717) is 25.1 Å². The molecule has 8 nitrogen and oxygen atoms in total. The smallest absolute Gasteiger partial charge is 0.338 e. The number of carbonyl (C=O) groups is 3. The summed E-state index contributed by atoms with van der Waals surface area (Å²) in [6.45, 7) is 4.19. The van der Waals surface area contributed by atoms with Crippen molar-refractivity contribution in [3.63, 3.8) is 0 Å². The van der Waals surface area contributed by atoms with Gasteiger partial charge in [0.25, 0.3) is 5.91 Å². The van der Waals surface area contributed by atoms with E-state index in [1.807, 2.05) is 44.2 Å². The van der Waals surface area contributed by atoms with Crippen LogP contribution in [0, 0.1) is 0 Å². The van der Waals surface area contributed by atoms with Crippen LogP contribution in [-0.4, -0.2) is 47.8 Å². The Bertz CT molecular complexity index is 955. The van der Waals surface area contributed by atoms with Gasteiger partial charge in [0.2, 0.25) is 0 Å². The largest absolute Gasteiger partial charge is 0.452 e. The minimum Gasteiger partial charge on any atom is -0.452 e. The number of carbonyl (C=O) groups excluding carboxylic acids is 3. The standard InChI is InChI=1S/C23H26N4O4/c1-16(2)25-23(30)24-14-17-8-10-19(11-9-17)22(29)31-15-21(28)27-13-12-20(26-27)18-6-4-3-5-7-18/h3-11,16H,12-15H2,1-2H3,(H2,24,25,30). The van der Waals surface area contributed by atoms with E-state index in [1.165, 1.54) is 5.01 Å². The lowest BCUT2D eigenvalue weighted by Gasteiger charge is -2.12. The van der Waals surface area contributed by atoms with Gasteiger partial charge in [-0.1, -0.05) is 42.5 Å². The van der Waals surface area contributed by atoms with Gasteiger partial charge < -0.3 is 15.4 Å². The Morgan fingerprint density at radius 3 is 2.45 bits per heavy atom. The van der Waals surface area contributed by atoms with Gasteiger partial charge in [-0.15, -0.1) is 0 Å². The highest BCUT2D eigenvalue weighted by atomic mass is 16.5. The number of rotatable bonds is 7. The monoisotopic (exact) mass is 422 g/mol. The second-order valence-electron chi connectivity index (χ2n) is 7.43. The quantitative estimate of drug-likeness (QED) is 0.670. The number of benzene rings is 2. The number of nitrogens with one attached hydrogen (secondary N) is 2. The summed E-state index contributed by atoms with van der Waals surface area (Å²) in [4.78, 5) is 36.2. The lowest BCUT2D eigenvalue weighted by molar-refractivity contribution is -0.134. The summed E-state index contributed by atoms with van der Waals surface area (Å²) >= 11 is 0. The van der Waals surface area contributed by atoms with Crippen LogP contribution in [0.15, 0.2) is 59.7 Å². The molecule has 2 aromatic rings. The lowest BCUT2D eigenvalue weighted by Crippen LogP contribution is -2.39. The Morgan fingerprint density at radius 1 is 1.06 bits per heavy atom. The molecule has 1 heterocycles. The number of esters is 1. The molecule has 0 atom stereocenters. The van der Waals surface area contributed by atoms with Crippen molar-refractivity contribution >= 4 is 23.6 Å². The number of hydrazone groups is 1. The van der Waals surface area contributed by atoms with Gasteiger partial charge in [-0.3, -0.25) is 4.79 Å². The molecule has 31 heavy (non-hydrogen) atoms. The van der Waals surface area contributed by atoms with Crippen LogP contribution in [0.3, 0.4) is 0 Å². The van der Waals surface area contributed by atoms with Gasteiger partial charge in [0.15, 0.2) is 6.61 Å². The highest BCUT2D eigenvalue weighted by Gasteiger charge is 2.22. The molecule has 162 valence electrons. The molecule has 0 fully saturated rings. The Morgan fingerprint density at radius 2 is 1.77 bits per heavy atom. The molecule has 0 saturated carbocycles. The summed E-state index contributed by atoms with van der Waals surface area (Å²) in [6, 6.07) is 16.1. The predicted octanol–water partition coefficient (Wildman–Crippen LogP) is 2.69. The average Bonchev–Trinajstić information content (AvgIpc) is 3.27. The summed E-state index contributed by atoms with van der Waals surface area (Å²) in [5.41, 5.74) is 2.99. The first-order valence-corrected chi connectivity index (χ1v) is 10.2. The molecule has 8 heteroatoms. The average molecular weight is 422 g/mol. The van der Waals surface area contributed by atoms with E-state index in [4.69, 9.17) is 4.74 Å². The Labute approximate surface area is 181 Å². The fourth-order valence-electron chi connectivity index (χ4n) is 3.01. The van der Waals surface area contributed by atoms with Gasteiger partial charge in [-0.25, -0.2) is 14.6 Å². The fourth-order valence-corrected chi connectivity index (χ4v) is 3.01. The molecular formula is C23H26N4O4. The van der Waals surface area contributed by atoms with Crippen molar-refractivity contribution in [3.05, 3.63) is 71.3 Å². The molecule has 0 aromatic heterocycles. The molecule has 1 aliphatic rings. The molecule has 0 saturated heterocycles.